The molecule has 0 saturated heterocycles. The summed E-state index contributed by atoms with van der Waals surface area (Å²) in [5.74, 6) is 0. The predicted octanol–water partition coefficient (Wildman–Crippen LogP) is 2.71. The first-order valence-corrected chi connectivity index (χ1v) is 4.31. The van der Waals surface area contributed by atoms with Crippen LogP contribution in [-0.2, 0) is 6.98 Å². The monoisotopic (exact) mass is 319 g/mol. The molecule has 0 aliphatic rings. The molecule has 0 atom stereocenters. The first kappa shape index (κ1) is 4.51. The van der Waals surface area contributed by atoms with Crippen LogP contribution in [0.15, 0.2) is 13.9 Å². The van der Waals surface area contributed by atoms with Crippen molar-refractivity contribution in [3.05, 3.63) is 13.9 Å². The summed E-state index contributed by atoms with van der Waals surface area (Å²) >= 11 is 9.24. The van der Waals surface area contributed by atoms with Crippen LogP contribution in [0.25, 0.3) is 0 Å². The Morgan fingerprint density at radius 1 is 1.56 bits per heavy atom. The minimum Gasteiger partial charge on any atom is -0.315 e. The molecule has 9 heavy (non-hydrogen) atoms. The summed E-state index contributed by atoms with van der Waals surface area (Å²) in [5.41, 5.74) is 0. The first-order valence-electron chi connectivity index (χ1n) is 3.43. The molecule has 0 saturated carbocycles. The van der Waals surface area contributed by atoms with Gasteiger partial charge in [-0.25, -0.2) is 4.98 Å². The number of hydrogen-bond donors (Lipinski definition) is 0. The molecule has 0 radical (unpaired) electrons. The predicted molar refractivity (Wildman–Crippen MR) is 46.3 cm³/mol. The lowest BCUT2D eigenvalue weighted by Crippen LogP contribution is -1.85. The summed E-state index contributed by atoms with van der Waals surface area (Å²) in [6.45, 7) is -2.23. The van der Waals surface area contributed by atoms with Crippen molar-refractivity contribution < 1.29 is 4.11 Å². The SMILES string of the molecule is [2H]C([2H])([2H])n1c(Br)nc(Br)c1Br. The zero-order valence-electron chi connectivity index (χ0n) is 7.03. The fourth-order valence-electron chi connectivity index (χ4n) is 0.350. The molecule has 0 fully saturated rings. The van der Waals surface area contributed by atoms with Gasteiger partial charge in [0.15, 0.2) is 4.73 Å². The molecule has 1 aromatic rings. The zero-order chi connectivity index (χ0) is 9.52. The van der Waals surface area contributed by atoms with Crippen molar-refractivity contribution in [2.24, 2.45) is 6.98 Å². The second-order valence-corrected chi connectivity index (χ2v) is 3.51. The molecular formula is C4H3Br3N2. The molecule has 1 aromatic heterocycles. The van der Waals surface area contributed by atoms with Gasteiger partial charge in [-0.2, -0.15) is 0 Å². The van der Waals surface area contributed by atoms with Gasteiger partial charge < -0.3 is 4.57 Å². The maximum absolute atomic E-state index is 7.14. The van der Waals surface area contributed by atoms with Crippen LogP contribution in [0, 0.1) is 0 Å². The summed E-state index contributed by atoms with van der Waals surface area (Å²) in [6, 6.07) is 0. The molecule has 0 aromatic carbocycles. The lowest BCUT2D eigenvalue weighted by atomic mass is 10.9. The van der Waals surface area contributed by atoms with Crippen molar-refractivity contribution in [2.75, 3.05) is 0 Å². The molecule has 2 nitrogen and oxygen atoms in total. The number of hydrogen-bond acceptors (Lipinski definition) is 1. The standard InChI is InChI=1S/C4H3Br3N2/c1-9-3(6)2(5)8-4(9)7/h1H3/i1D3. The van der Waals surface area contributed by atoms with Crippen LogP contribution in [0.3, 0.4) is 0 Å². The Kier molecular flexibility index (Phi) is 1.36. The van der Waals surface area contributed by atoms with Gasteiger partial charge in [-0.15, -0.1) is 0 Å². The summed E-state index contributed by atoms with van der Waals surface area (Å²) in [4.78, 5) is 3.87. The normalized spacial score (nSPS) is 16.6. The highest BCUT2D eigenvalue weighted by molar-refractivity contribution is 9.13. The van der Waals surface area contributed by atoms with E-state index in [-0.39, 0.29) is 4.73 Å². The van der Waals surface area contributed by atoms with E-state index < -0.39 is 6.98 Å². The van der Waals surface area contributed by atoms with Crippen molar-refractivity contribution >= 4 is 47.8 Å². The number of aromatic nitrogens is 2. The minimum absolute atomic E-state index is 0.265. The van der Waals surface area contributed by atoms with E-state index in [1.54, 1.807) is 0 Å². The van der Waals surface area contributed by atoms with E-state index in [0.717, 1.165) is 4.57 Å². The van der Waals surface area contributed by atoms with Crippen LogP contribution in [0.4, 0.5) is 0 Å². The largest absolute Gasteiger partial charge is 0.315 e. The van der Waals surface area contributed by atoms with E-state index >= 15 is 0 Å². The Morgan fingerprint density at radius 3 is 2.44 bits per heavy atom. The fourth-order valence-corrected chi connectivity index (χ4v) is 1.78. The molecule has 50 valence electrons. The van der Waals surface area contributed by atoms with E-state index in [0.29, 0.717) is 9.21 Å². The molecule has 0 aliphatic heterocycles. The van der Waals surface area contributed by atoms with Gasteiger partial charge in [0.2, 0.25) is 0 Å². The second-order valence-electron chi connectivity index (χ2n) is 1.30. The second kappa shape index (κ2) is 2.72. The Hall–Kier alpha value is 0.650. The molecule has 0 amide bonds. The average Bonchev–Trinajstić information content (AvgIpc) is 2.05. The van der Waals surface area contributed by atoms with E-state index in [9.17, 15) is 0 Å². The van der Waals surface area contributed by atoms with Crippen molar-refractivity contribution in [3.63, 3.8) is 0 Å². The molecule has 0 aliphatic carbocycles. The average molecular weight is 322 g/mol. The van der Waals surface area contributed by atoms with Gasteiger partial charge in [0.1, 0.15) is 9.21 Å². The van der Waals surface area contributed by atoms with Gasteiger partial charge >= 0.3 is 0 Å². The molecule has 0 N–H and O–H groups in total. The molecule has 0 spiro atoms. The van der Waals surface area contributed by atoms with E-state index in [1.165, 1.54) is 0 Å². The number of halogens is 3. The lowest BCUT2D eigenvalue weighted by Gasteiger charge is -1.91. The first-order chi connectivity index (χ1) is 5.34. The third kappa shape index (κ3) is 1.38. The smallest absolute Gasteiger partial charge is 0.178 e. The van der Waals surface area contributed by atoms with E-state index in [1.807, 2.05) is 0 Å². The highest BCUT2D eigenvalue weighted by Gasteiger charge is 2.05. The Labute approximate surface area is 82.3 Å². The highest BCUT2D eigenvalue weighted by atomic mass is 79.9. The third-order valence-corrected chi connectivity index (χ3v) is 3.09. The zero-order valence-corrected chi connectivity index (χ0v) is 8.79. The number of nitrogens with zero attached hydrogens (tertiary/aromatic N) is 2. The van der Waals surface area contributed by atoms with Crippen LogP contribution in [-0.4, -0.2) is 9.55 Å². The van der Waals surface area contributed by atoms with Gasteiger partial charge in [-0.05, 0) is 47.8 Å². The fraction of sp³-hybridized carbons (Fsp3) is 0.250. The minimum atomic E-state index is -2.23. The van der Waals surface area contributed by atoms with Gasteiger partial charge in [-0.3, -0.25) is 0 Å². The molecule has 1 heterocycles. The Bertz CT molecular complexity index is 305. The molecule has 0 unspecified atom stereocenters. The highest BCUT2D eigenvalue weighted by Crippen LogP contribution is 2.24. The number of imidazole rings is 1. The van der Waals surface area contributed by atoms with Crippen LogP contribution in [0.5, 0.6) is 0 Å². The van der Waals surface area contributed by atoms with Crippen molar-refractivity contribution in [3.8, 4) is 0 Å². The lowest BCUT2D eigenvalue weighted by molar-refractivity contribution is 0.860. The quantitative estimate of drug-likeness (QED) is 0.718. The molecule has 1 rings (SSSR count). The van der Waals surface area contributed by atoms with Crippen LogP contribution in [0.1, 0.15) is 4.11 Å². The summed E-state index contributed by atoms with van der Waals surface area (Å²) < 4.78 is 23.6. The van der Waals surface area contributed by atoms with E-state index in [2.05, 4.69) is 52.8 Å². The third-order valence-electron chi connectivity index (χ3n) is 0.741. The van der Waals surface area contributed by atoms with Gasteiger partial charge in [0.05, 0.1) is 0 Å². The van der Waals surface area contributed by atoms with Crippen molar-refractivity contribution in [1.29, 1.82) is 0 Å². The van der Waals surface area contributed by atoms with Gasteiger partial charge in [0.25, 0.3) is 0 Å². The Balaban J connectivity index is 3.32. The summed E-state index contributed by atoms with van der Waals surface area (Å²) in [7, 11) is 0. The van der Waals surface area contributed by atoms with Crippen LogP contribution >= 0.6 is 47.8 Å². The summed E-state index contributed by atoms with van der Waals surface area (Å²) in [6.07, 6.45) is 0. The maximum Gasteiger partial charge on any atom is 0.178 e. The molecule has 0 bridgehead atoms. The summed E-state index contributed by atoms with van der Waals surface area (Å²) in [5, 5.41) is 0. The van der Waals surface area contributed by atoms with Gasteiger partial charge in [0, 0.05) is 11.1 Å². The van der Waals surface area contributed by atoms with Crippen LogP contribution < -0.4 is 0 Å². The maximum atomic E-state index is 7.14. The van der Waals surface area contributed by atoms with Gasteiger partial charge in [-0.1, -0.05) is 0 Å². The van der Waals surface area contributed by atoms with Crippen molar-refractivity contribution in [2.45, 2.75) is 0 Å². The van der Waals surface area contributed by atoms with Crippen molar-refractivity contribution in [1.82, 2.24) is 9.55 Å². The van der Waals surface area contributed by atoms with E-state index in [4.69, 9.17) is 4.11 Å². The topological polar surface area (TPSA) is 17.8 Å². The number of rotatable bonds is 0. The molecule has 5 heteroatoms. The Morgan fingerprint density at radius 2 is 2.22 bits per heavy atom. The van der Waals surface area contributed by atoms with Crippen LogP contribution in [0.2, 0.25) is 0 Å². The molecular weight excluding hydrogens is 316 g/mol.